The summed E-state index contributed by atoms with van der Waals surface area (Å²) in [6, 6.07) is 4.97. The zero-order chi connectivity index (χ0) is 13.3. The average molecular weight is 285 g/mol. The van der Waals surface area contributed by atoms with Crippen LogP contribution in [0.3, 0.4) is 0 Å². The Morgan fingerprint density at radius 2 is 2.17 bits per heavy atom. The fraction of sp³-hybridized carbons (Fsp3) is 0.0909. The van der Waals surface area contributed by atoms with Crippen molar-refractivity contribution in [1.29, 1.82) is 0 Å². The molecule has 2 rings (SSSR count). The van der Waals surface area contributed by atoms with Gasteiger partial charge in [0.1, 0.15) is 5.69 Å². The minimum absolute atomic E-state index is 0.363. The zero-order valence-corrected chi connectivity index (χ0v) is 10.9. The van der Waals surface area contributed by atoms with Crippen LogP contribution in [0.2, 0.25) is 10.0 Å². The summed E-state index contributed by atoms with van der Waals surface area (Å²) in [6.45, 7) is 1.73. The summed E-state index contributed by atoms with van der Waals surface area (Å²) in [4.78, 5) is 11.7. The number of halogens is 2. The van der Waals surface area contributed by atoms with Crippen LogP contribution < -0.4 is 11.3 Å². The van der Waals surface area contributed by atoms with Crippen LogP contribution in [0.25, 0.3) is 11.3 Å². The molecule has 0 aliphatic carbocycles. The minimum Gasteiger partial charge on any atom is -0.290 e. The van der Waals surface area contributed by atoms with E-state index >= 15 is 0 Å². The molecule has 4 N–H and O–H groups in total. The van der Waals surface area contributed by atoms with Crippen LogP contribution >= 0.6 is 23.2 Å². The predicted octanol–water partition coefficient (Wildman–Crippen LogP) is 2.30. The molecule has 0 saturated heterocycles. The van der Waals surface area contributed by atoms with Crippen molar-refractivity contribution in [3.05, 3.63) is 39.5 Å². The van der Waals surface area contributed by atoms with E-state index in [2.05, 4.69) is 15.6 Å². The van der Waals surface area contributed by atoms with Crippen LogP contribution in [0.4, 0.5) is 0 Å². The van der Waals surface area contributed by atoms with E-state index in [1.165, 1.54) is 0 Å². The Bertz CT molecular complexity index is 609. The summed E-state index contributed by atoms with van der Waals surface area (Å²) in [5.41, 5.74) is 4.11. The summed E-state index contributed by atoms with van der Waals surface area (Å²) in [6.07, 6.45) is 0. The number of hydrazine groups is 1. The Balaban J connectivity index is 2.61. The van der Waals surface area contributed by atoms with Crippen LogP contribution in [-0.4, -0.2) is 16.1 Å². The summed E-state index contributed by atoms with van der Waals surface area (Å²) < 4.78 is 0. The lowest BCUT2D eigenvalue weighted by molar-refractivity contribution is 0.0954. The number of H-pyrrole nitrogens is 1. The van der Waals surface area contributed by atoms with E-state index in [9.17, 15) is 4.79 Å². The number of hydrogen-bond donors (Lipinski definition) is 3. The third kappa shape index (κ3) is 2.20. The Morgan fingerprint density at radius 3 is 2.78 bits per heavy atom. The number of aryl methyl sites for hydroxylation is 1. The highest BCUT2D eigenvalue weighted by molar-refractivity contribution is 6.36. The molecule has 0 atom stereocenters. The number of nitrogens with two attached hydrogens (primary N) is 1. The molecule has 94 valence electrons. The van der Waals surface area contributed by atoms with E-state index in [1.54, 1.807) is 25.1 Å². The zero-order valence-electron chi connectivity index (χ0n) is 9.42. The molecule has 0 spiro atoms. The van der Waals surface area contributed by atoms with Crippen molar-refractivity contribution in [2.45, 2.75) is 6.92 Å². The number of nitrogen functional groups attached to an aromatic ring is 1. The first kappa shape index (κ1) is 12.9. The summed E-state index contributed by atoms with van der Waals surface area (Å²) in [5, 5.41) is 7.74. The number of rotatable bonds is 2. The molecule has 1 aromatic heterocycles. The number of nitrogens with one attached hydrogen (secondary N) is 2. The Morgan fingerprint density at radius 1 is 1.44 bits per heavy atom. The molecule has 5 nitrogen and oxygen atoms in total. The standard InChI is InChI=1S/C11H10Cl2N4O/c1-5-9(11(18)15-14)10(17-16-5)7-3-2-6(12)4-8(7)13/h2-4H,14H2,1H3,(H,15,18)(H,16,17). The van der Waals surface area contributed by atoms with Gasteiger partial charge in [-0.3, -0.25) is 15.3 Å². The largest absolute Gasteiger partial charge is 0.290 e. The van der Waals surface area contributed by atoms with Crippen molar-refractivity contribution in [3.8, 4) is 11.3 Å². The van der Waals surface area contributed by atoms with Crippen LogP contribution in [0.5, 0.6) is 0 Å². The first-order chi connectivity index (χ1) is 8.54. The smallest absolute Gasteiger partial charge is 0.269 e. The van der Waals surface area contributed by atoms with E-state index in [0.717, 1.165) is 0 Å². The molecule has 1 heterocycles. The van der Waals surface area contributed by atoms with Crippen molar-refractivity contribution in [1.82, 2.24) is 15.6 Å². The van der Waals surface area contributed by atoms with E-state index < -0.39 is 5.91 Å². The van der Waals surface area contributed by atoms with Gasteiger partial charge in [-0.05, 0) is 25.1 Å². The molecule has 0 aliphatic rings. The van der Waals surface area contributed by atoms with E-state index in [0.29, 0.717) is 32.6 Å². The van der Waals surface area contributed by atoms with Gasteiger partial charge >= 0.3 is 0 Å². The third-order valence-electron chi connectivity index (χ3n) is 2.49. The van der Waals surface area contributed by atoms with Gasteiger partial charge in [-0.1, -0.05) is 23.2 Å². The number of benzene rings is 1. The second-order valence-electron chi connectivity index (χ2n) is 3.67. The van der Waals surface area contributed by atoms with Gasteiger partial charge in [-0.2, -0.15) is 5.10 Å². The normalized spacial score (nSPS) is 10.4. The molecule has 0 radical (unpaired) electrons. The molecule has 1 amide bonds. The second kappa shape index (κ2) is 4.97. The Labute approximate surface area is 113 Å². The molecule has 2 aromatic rings. The van der Waals surface area contributed by atoms with E-state index in [1.807, 2.05) is 0 Å². The molecular weight excluding hydrogens is 275 g/mol. The fourth-order valence-electron chi connectivity index (χ4n) is 1.66. The number of aromatic amines is 1. The number of carbonyl (C=O) groups excluding carboxylic acids is 1. The summed E-state index contributed by atoms with van der Waals surface area (Å²) in [7, 11) is 0. The monoisotopic (exact) mass is 284 g/mol. The summed E-state index contributed by atoms with van der Waals surface area (Å²) in [5.74, 6) is 4.72. The molecule has 0 saturated carbocycles. The van der Waals surface area contributed by atoms with Gasteiger partial charge < -0.3 is 0 Å². The Hall–Kier alpha value is -1.56. The van der Waals surface area contributed by atoms with Crippen molar-refractivity contribution in [2.75, 3.05) is 0 Å². The fourth-order valence-corrected chi connectivity index (χ4v) is 2.15. The minimum atomic E-state index is -0.428. The number of aromatic nitrogens is 2. The third-order valence-corrected chi connectivity index (χ3v) is 3.04. The number of carbonyl (C=O) groups is 1. The maximum absolute atomic E-state index is 11.7. The van der Waals surface area contributed by atoms with Gasteiger partial charge in [0.25, 0.3) is 5.91 Å². The lowest BCUT2D eigenvalue weighted by Crippen LogP contribution is -2.30. The van der Waals surface area contributed by atoms with Crippen molar-refractivity contribution in [2.24, 2.45) is 5.84 Å². The first-order valence-corrected chi connectivity index (χ1v) is 5.81. The molecule has 0 bridgehead atoms. The van der Waals surface area contributed by atoms with Crippen LogP contribution in [-0.2, 0) is 0 Å². The molecule has 0 aliphatic heterocycles. The lowest BCUT2D eigenvalue weighted by atomic mass is 10.1. The van der Waals surface area contributed by atoms with Gasteiger partial charge in [-0.15, -0.1) is 0 Å². The maximum Gasteiger partial charge on any atom is 0.269 e. The SMILES string of the molecule is Cc1[nH]nc(-c2ccc(Cl)cc2Cl)c1C(=O)NN. The molecular formula is C11H10Cl2N4O. The van der Waals surface area contributed by atoms with Gasteiger partial charge in [0.05, 0.1) is 10.6 Å². The highest BCUT2D eigenvalue weighted by Gasteiger charge is 2.20. The van der Waals surface area contributed by atoms with Gasteiger partial charge in [0, 0.05) is 16.3 Å². The average Bonchev–Trinajstić information content (AvgIpc) is 2.70. The quantitative estimate of drug-likeness (QED) is 0.449. The number of nitrogens with zero attached hydrogens (tertiary/aromatic N) is 1. The number of amides is 1. The van der Waals surface area contributed by atoms with Crippen LogP contribution in [0.15, 0.2) is 18.2 Å². The molecule has 0 fully saturated rings. The van der Waals surface area contributed by atoms with Gasteiger partial charge in [0.2, 0.25) is 0 Å². The maximum atomic E-state index is 11.7. The van der Waals surface area contributed by atoms with E-state index in [-0.39, 0.29) is 0 Å². The van der Waals surface area contributed by atoms with Crippen LogP contribution in [0.1, 0.15) is 16.1 Å². The predicted molar refractivity (Wildman–Crippen MR) is 70.4 cm³/mol. The summed E-state index contributed by atoms with van der Waals surface area (Å²) >= 11 is 11.9. The topological polar surface area (TPSA) is 83.8 Å². The van der Waals surface area contributed by atoms with Crippen molar-refractivity contribution >= 4 is 29.1 Å². The molecule has 0 unspecified atom stereocenters. The molecule has 1 aromatic carbocycles. The molecule has 18 heavy (non-hydrogen) atoms. The van der Waals surface area contributed by atoms with Crippen LogP contribution in [0, 0.1) is 6.92 Å². The second-order valence-corrected chi connectivity index (χ2v) is 4.51. The van der Waals surface area contributed by atoms with E-state index in [4.69, 9.17) is 29.0 Å². The highest BCUT2D eigenvalue weighted by Crippen LogP contribution is 2.32. The Kier molecular flexibility index (Phi) is 3.56. The van der Waals surface area contributed by atoms with Crippen molar-refractivity contribution < 1.29 is 4.79 Å². The molecule has 7 heteroatoms. The lowest BCUT2D eigenvalue weighted by Gasteiger charge is -2.05. The highest BCUT2D eigenvalue weighted by atomic mass is 35.5. The number of hydrogen-bond acceptors (Lipinski definition) is 3. The van der Waals surface area contributed by atoms with Crippen molar-refractivity contribution in [3.63, 3.8) is 0 Å². The van der Waals surface area contributed by atoms with Gasteiger partial charge in [0.15, 0.2) is 0 Å². The first-order valence-electron chi connectivity index (χ1n) is 5.06. The van der Waals surface area contributed by atoms with Gasteiger partial charge in [-0.25, -0.2) is 5.84 Å².